The Morgan fingerprint density at radius 1 is 1.35 bits per heavy atom. The summed E-state index contributed by atoms with van der Waals surface area (Å²) in [5.41, 5.74) is 1.60. The molecule has 0 aromatic heterocycles. The van der Waals surface area contributed by atoms with E-state index in [1.54, 1.807) is 12.1 Å². The highest BCUT2D eigenvalue weighted by atomic mass is 35.5. The number of aryl methyl sites for hydroxylation is 1. The molecule has 0 N–H and O–H groups in total. The fourth-order valence-corrected chi connectivity index (χ4v) is 2.56. The molecule has 2 rings (SSSR count). The van der Waals surface area contributed by atoms with E-state index < -0.39 is 0 Å². The molecule has 1 fully saturated rings. The number of halogens is 1. The molecule has 1 amide bonds. The Morgan fingerprint density at radius 2 is 2.00 bits per heavy atom. The molecule has 5 heteroatoms. The van der Waals surface area contributed by atoms with Gasteiger partial charge in [0.15, 0.2) is 0 Å². The maximum absolute atomic E-state index is 12.5. The van der Waals surface area contributed by atoms with Crippen molar-refractivity contribution in [1.29, 1.82) is 5.26 Å². The first-order valence-electron chi connectivity index (χ1n) is 6.72. The van der Waals surface area contributed by atoms with Crippen LogP contribution >= 0.6 is 11.6 Å². The first-order valence-corrected chi connectivity index (χ1v) is 7.10. The van der Waals surface area contributed by atoms with Crippen LogP contribution in [-0.2, 0) is 0 Å². The number of nitriles is 1. The number of rotatable bonds is 2. The topological polar surface area (TPSA) is 47.3 Å². The summed E-state index contributed by atoms with van der Waals surface area (Å²) in [5, 5.41) is 9.50. The normalized spacial score (nSPS) is 17.6. The van der Waals surface area contributed by atoms with Gasteiger partial charge in [0.1, 0.15) is 0 Å². The number of amides is 1. The van der Waals surface area contributed by atoms with E-state index in [0.717, 1.165) is 18.7 Å². The number of hydrogen-bond donors (Lipinski definition) is 0. The molecule has 4 nitrogen and oxygen atoms in total. The van der Waals surface area contributed by atoms with Gasteiger partial charge in [-0.1, -0.05) is 17.7 Å². The summed E-state index contributed by atoms with van der Waals surface area (Å²) in [6.45, 7) is 6.57. The molecule has 0 bridgehead atoms. The highest BCUT2D eigenvalue weighted by Gasteiger charge is 2.25. The minimum atomic E-state index is -0.0971. The van der Waals surface area contributed by atoms with Gasteiger partial charge in [0.05, 0.1) is 12.1 Å². The molecule has 1 saturated heterocycles. The molecule has 0 radical (unpaired) electrons. The average Bonchev–Trinajstić information content (AvgIpc) is 2.48. The monoisotopic (exact) mass is 291 g/mol. The molecule has 1 heterocycles. The SMILES string of the molecule is Cc1ccc(Cl)cc1C(=O)N1CCN(C(C)C#N)CC1. The van der Waals surface area contributed by atoms with E-state index in [4.69, 9.17) is 16.9 Å². The predicted molar refractivity (Wildman–Crippen MR) is 78.7 cm³/mol. The molecule has 0 aliphatic carbocycles. The fourth-order valence-electron chi connectivity index (χ4n) is 2.39. The maximum Gasteiger partial charge on any atom is 0.254 e. The second kappa shape index (κ2) is 6.25. The van der Waals surface area contributed by atoms with E-state index in [1.807, 2.05) is 24.8 Å². The number of piperazine rings is 1. The van der Waals surface area contributed by atoms with Gasteiger partial charge in [-0.3, -0.25) is 9.69 Å². The number of carbonyl (C=O) groups is 1. The van der Waals surface area contributed by atoms with Gasteiger partial charge in [0.2, 0.25) is 0 Å². The van der Waals surface area contributed by atoms with Gasteiger partial charge >= 0.3 is 0 Å². The summed E-state index contributed by atoms with van der Waals surface area (Å²) in [5.74, 6) is 0.0225. The molecule has 1 aliphatic heterocycles. The average molecular weight is 292 g/mol. The molecule has 1 aromatic carbocycles. The van der Waals surface area contributed by atoms with Crippen LogP contribution in [-0.4, -0.2) is 47.9 Å². The van der Waals surface area contributed by atoms with E-state index in [2.05, 4.69) is 11.0 Å². The van der Waals surface area contributed by atoms with Gasteiger partial charge in [-0.25, -0.2) is 0 Å². The maximum atomic E-state index is 12.5. The largest absolute Gasteiger partial charge is 0.336 e. The van der Waals surface area contributed by atoms with Gasteiger partial charge in [-0.15, -0.1) is 0 Å². The van der Waals surface area contributed by atoms with Crippen molar-refractivity contribution in [2.24, 2.45) is 0 Å². The second-order valence-electron chi connectivity index (χ2n) is 5.09. The number of hydrogen-bond acceptors (Lipinski definition) is 3. The Labute approximate surface area is 124 Å². The van der Waals surface area contributed by atoms with Crippen LogP contribution in [0.3, 0.4) is 0 Å². The highest BCUT2D eigenvalue weighted by Crippen LogP contribution is 2.18. The van der Waals surface area contributed by atoms with Crippen LogP contribution in [0, 0.1) is 18.3 Å². The molecule has 106 valence electrons. The van der Waals surface area contributed by atoms with Crippen molar-refractivity contribution >= 4 is 17.5 Å². The Hall–Kier alpha value is -1.57. The van der Waals surface area contributed by atoms with Gasteiger partial charge in [-0.05, 0) is 31.5 Å². The lowest BCUT2D eigenvalue weighted by atomic mass is 10.1. The van der Waals surface area contributed by atoms with Crippen molar-refractivity contribution in [1.82, 2.24) is 9.80 Å². The lowest BCUT2D eigenvalue weighted by molar-refractivity contribution is 0.0615. The zero-order valence-corrected chi connectivity index (χ0v) is 12.5. The minimum Gasteiger partial charge on any atom is -0.336 e. The zero-order chi connectivity index (χ0) is 14.7. The van der Waals surface area contributed by atoms with Gasteiger partial charge in [-0.2, -0.15) is 5.26 Å². The fraction of sp³-hybridized carbons (Fsp3) is 0.467. The Morgan fingerprint density at radius 3 is 2.60 bits per heavy atom. The summed E-state index contributed by atoms with van der Waals surface area (Å²) in [4.78, 5) is 16.4. The molecular weight excluding hydrogens is 274 g/mol. The number of carbonyl (C=O) groups excluding carboxylic acids is 1. The van der Waals surface area contributed by atoms with E-state index in [1.165, 1.54) is 0 Å². The van der Waals surface area contributed by atoms with E-state index in [9.17, 15) is 4.79 Å². The number of nitrogens with zero attached hydrogens (tertiary/aromatic N) is 3. The quantitative estimate of drug-likeness (QED) is 0.840. The first-order chi connectivity index (χ1) is 9.52. The number of benzene rings is 1. The molecule has 1 aromatic rings. The summed E-state index contributed by atoms with van der Waals surface area (Å²) in [6.07, 6.45) is 0. The zero-order valence-electron chi connectivity index (χ0n) is 11.8. The standard InChI is InChI=1S/C15H18ClN3O/c1-11-3-4-13(16)9-14(11)15(20)19-7-5-18(6-8-19)12(2)10-17/h3-4,9,12H,5-8H2,1-2H3. The van der Waals surface area contributed by atoms with Crippen LogP contribution in [0.1, 0.15) is 22.8 Å². The lowest BCUT2D eigenvalue weighted by Gasteiger charge is -2.36. The molecule has 20 heavy (non-hydrogen) atoms. The molecule has 1 aliphatic rings. The molecule has 0 saturated carbocycles. The van der Waals surface area contributed by atoms with E-state index in [0.29, 0.717) is 23.7 Å². The van der Waals surface area contributed by atoms with Crippen LogP contribution in [0.2, 0.25) is 5.02 Å². The summed E-state index contributed by atoms with van der Waals surface area (Å²) in [6, 6.07) is 7.52. The van der Waals surface area contributed by atoms with Crippen molar-refractivity contribution in [2.75, 3.05) is 26.2 Å². The van der Waals surface area contributed by atoms with E-state index in [-0.39, 0.29) is 11.9 Å². The van der Waals surface area contributed by atoms with Crippen LogP contribution in [0.5, 0.6) is 0 Å². The van der Waals surface area contributed by atoms with E-state index >= 15 is 0 Å². The van der Waals surface area contributed by atoms with Gasteiger partial charge in [0.25, 0.3) is 5.91 Å². The molecule has 1 atom stereocenters. The Kier molecular flexibility index (Phi) is 4.64. The van der Waals surface area contributed by atoms with Crippen LogP contribution < -0.4 is 0 Å². The van der Waals surface area contributed by atoms with Crippen LogP contribution in [0.25, 0.3) is 0 Å². The van der Waals surface area contributed by atoms with Gasteiger partial charge < -0.3 is 4.90 Å². The van der Waals surface area contributed by atoms with Crippen molar-refractivity contribution in [3.8, 4) is 6.07 Å². The molecule has 1 unspecified atom stereocenters. The second-order valence-corrected chi connectivity index (χ2v) is 5.53. The summed E-state index contributed by atoms with van der Waals surface area (Å²) in [7, 11) is 0. The molecular formula is C15H18ClN3O. The van der Waals surface area contributed by atoms with Gasteiger partial charge in [0, 0.05) is 36.8 Å². The smallest absolute Gasteiger partial charge is 0.254 e. The van der Waals surface area contributed by atoms with Crippen molar-refractivity contribution in [2.45, 2.75) is 19.9 Å². The van der Waals surface area contributed by atoms with Crippen molar-refractivity contribution in [3.63, 3.8) is 0 Å². The molecule has 0 spiro atoms. The minimum absolute atomic E-state index is 0.0225. The highest BCUT2D eigenvalue weighted by molar-refractivity contribution is 6.31. The Bertz CT molecular complexity index is 545. The summed E-state index contributed by atoms with van der Waals surface area (Å²) >= 11 is 5.97. The predicted octanol–water partition coefficient (Wildman–Crippen LogP) is 2.32. The van der Waals surface area contributed by atoms with Crippen LogP contribution in [0.15, 0.2) is 18.2 Å². The summed E-state index contributed by atoms with van der Waals surface area (Å²) < 4.78 is 0. The lowest BCUT2D eigenvalue weighted by Crippen LogP contribution is -2.51. The van der Waals surface area contributed by atoms with Crippen molar-refractivity contribution in [3.05, 3.63) is 34.3 Å². The third-order valence-electron chi connectivity index (χ3n) is 3.77. The van der Waals surface area contributed by atoms with Crippen molar-refractivity contribution < 1.29 is 4.79 Å². The third kappa shape index (κ3) is 3.12. The third-order valence-corrected chi connectivity index (χ3v) is 4.00. The van der Waals surface area contributed by atoms with Crippen LogP contribution in [0.4, 0.5) is 0 Å². The Balaban J connectivity index is 2.05. The first kappa shape index (κ1) is 14.8.